The van der Waals surface area contributed by atoms with Gasteiger partial charge in [-0.3, -0.25) is 4.98 Å². The van der Waals surface area contributed by atoms with E-state index < -0.39 is 0 Å². The van der Waals surface area contributed by atoms with Gasteiger partial charge in [0.1, 0.15) is 5.82 Å². The molecule has 3 N–H and O–H groups in total. The molecule has 0 spiro atoms. The van der Waals surface area contributed by atoms with Gasteiger partial charge >= 0.3 is 0 Å². The van der Waals surface area contributed by atoms with Crippen LogP contribution in [0.3, 0.4) is 0 Å². The molecule has 0 radical (unpaired) electrons. The summed E-state index contributed by atoms with van der Waals surface area (Å²) in [6.45, 7) is 6.03. The molecule has 2 aromatic rings. The summed E-state index contributed by atoms with van der Waals surface area (Å²) in [6.07, 6.45) is 5.27. The van der Waals surface area contributed by atoms with E-state index in [9.17, 15) is 0 Å². The van der Waals surface area contributed by atoms with Crippen molar-refractivity contribution in [3.8, 4) is 22.8 Å². The fourth-order valence-corrected chi connectivity index (χ4v) is 3.45. The number of nitrogens with one attached hydrogen (secondary N) is 1. The Morgan fingerprint density at radius 1 is 1.22 bits per heavy atom. The molecule has 0 aliphatic carbocycles. The van der Waals surface area contributed by atoms with Gasteiger partial charge in [-0.15, -0.1) is 0 Å². The number of hydrogen-bond acceptors (Lipinski definition) is 7. The minimum absolute atomic E-state index is 0.615. The third-order valence-electron chi connectivity index (χ3n) is 4.80. The highest BCUT2D eigenvalue weighted by Crippen LogP contribution is 2.36. The van der Waals surface area contributed by atoms with Gasteiger partial charge in [0, 0.05) is 31.0 Å². The number of nitrogens with two attached hydrogens (primary N) is 1. The van der Waals surface area contributed by atoms with Crippen molar-refractivity contribution >= 4 is 11.5 Å². The van der Waals surface area contributed by atoms with Crippen LogP contribution in [-0.2, 0) is 0 Å². The minimum Gasteiger partial charge on any atom is -0.491 e. The summed E-state index contributed by atoms with van der Waals surface area (Å²) in [5, 5.41) is 3.10. The zero-order chi connectivity index (χ0) is 19.2. The summed E-state index contributed by atoms with van der Waals surface area (Å²) in [6, 6.07) is 3.72. The number of aromatic nitrogens is 2. The monoisotopic (exact) mass is 371 g/mol. The molecule has 0 atom stereocenters. The van der Waals surface area contributed by atoms with Gasteiger partial charge in [-0.25, -0.2) is 4.98 Å². The zero-order valence-electron chi connectivity index (χ0n) is 16.4. The molecule has 1 aliphatic heterocycles. The average molecular weight is 371 g/mol. The first-order valence-corrected chi connectivity index (χ1v) is 9.46. The van der Waals surface area contributed by atoms with Crippen molar-refractivity contribution < 1.29 is 9.47 Å². The second-order valence-electron chi connectivity index (χ2n) is 6.80. The summed E-state index contributed by atoms with van der Waals surface area (Å²) in [4.78, 5) is 11.5. The second kappa shape index (κ2) is 8.90. The van der Waals surface area contributed by atoms with E-state index in [1.807, 2.05) is 26.1 Å². The number of methoxy groups -OCH3 is 1. The highest BCUT2D eigenvalue weighted by Gasteiger charge is 2.16. The minimum atomic E-state index is 0.615. The fourth-order valence-electron chi connectivity index (χ4n) is 3.45. The van der Waals surface area contributed by atoms with Crippen molar-refractivity contribution in [3.05, 3.63) is 24.0 Å². The van der Waals surface area contributed by atoms with Gasteiger partial charge in [0.2, 0.25) is 0 Å². The molecule has 1 fully saturated rings. The highest BCUT2D eigenvalue weighted by molar-refractivity contribution is 5.84. The molecule has 27 heavy (non-hydrogen) atoms. The third kappa shape index (κ3) is 4.60. The Hall–Kier alpha value is -2.54. The van der Waals surface area contributed by atoms with Crippen LogP contribution in [-0.4, -0.2) is 55.3 Å². The SMILES string of the molecule is CNc1nc(C)cc(N)c1-c1cc(OCCCN2CCCC2)c(OC)cn1. The van der Waals surface area contributed by atoms with E-state index in [2.05, 4.69) is 20.2 Å². The lowest BCUT2D eigenvalue weighted by molar-refractivity contribution is 0.254. The first kappa shape index (κ1) is 19.2. The van der Waals surface area contributed by atoms with Crippen LogP contribution in [0.5, 0.6) is 11.5 Å². The quantitative estimate of drug-likeness (QED) is 0.690. The largest absolute Gasteiger partial charge is 0.491 e. The van der Waals surface area contributed by atoms with Crippen molar-refractivity contribution in [1.82, 2.24) is 14.9 Å². The number of nitrogens with zero attached hydrogens (tertiary/aromatic N) is 3. The first-order chi connectivity index (χ1) is 13.1. The maximum absolute atomic E-state index is 6.24. The van der Waals surface area contributed by atoms with Crippen LogP contribution >= 0.6 is 0 Å². The van der Waals surface area contributed by atoms with Crippen LogP contribution < -0.4 is 20.5 Å². The number of likely N-dealkylation sites (tertiary alicyclic amines) is 1. The van der Waals surface area contributed by atoms with Gasteiger partial charge in [0.05, 0.1) is 31.2 Å². The van der Waals surface area contributed by atoms with Crippen molar-refractivity contribution in [2.75, 3.05) is 51.4 Å². The molecule has 7 heteroatoms. The van der Waals surface area contributed by atoms with Crippen LogP contribution in [0.1, 0.15) is 25.0 Å². The Kier molecular flexibility index (Phi) is 6.34. The molecule has 0 saturated carbocycles. The number of ether oxygens (including phenoxy) is 2. The van der Waals surface area contributed by atoms with E-state index in [0.717, 1.165) is 24.2 Å². The summed E-state index contributed by atoms with van der Waals surface area (Å²) in [5.41, 5.74) is 9.21. The van der Waals surface area contributed by atoms with Crippen molar-refractivity contribution in [2.24, 2.45) is 0 Å². The van der Waals surface area contributed by atoms with Gasteiger partial charge in [-0.2, -0.15) is 0 Å². The van der Waals surface area contributed by atoms with Crippen LogP contribution in [0.25, 0.3) is 11.3 Å². The average Bonchev–Trinajstić information content (AvgIpc) is 3.18. The van der Waals surface area contributed by atoms with Crippen molar-refractivity contribution in [1.29, 1.82) is 0 Å². The lowest BCUT2D eigenvalue weighted by Crippen LogP contribution is -2.21. The Bertz CT molecular complexity index is 775. The molecule has 146 valence electrons. The topological polar surface area (TPSA) is 85.5 Å². The van der Waals surface area contributed by atoms with E-state index in [-0.39, 0.29) is 0 Å². The van der Waals surface area contributed by atoms with Gasteiger partial charge < -0.3 is 25.4 Å². The molecule has 0 amide bonds. The van der Waals surface area contributed by atoms with E-state index in [0.29, 0.717) is 35.3 Å². The maximum Gasteiger partial charge on any atom is 0.179 e. The van der Waals surface area contributed by atoms with Gasteiger partial charge in [0.15, 0.2) is 11.5 Å². The molecule has 7 nitrogen and oxygen atoms in total. The second-order valence-corrected chi connectivity index (χ2v) is 6.80. The highest BCUT2D eigenvalue weighted by atomic mass is 16.5. The van der Waals surface area contributed by atoms with Crippen LogP contribution in [0.2, 0.25) is 0 Å². The Balaban J connectivity index is 1.77. The Morgan fingerprint density at radius 3 is 2.70 bits per heavy atom. The van der Waals surface area contributed by atoms with Crippen LogP contribution in [0.15, 0.2) is 18.3 Å². The van der Waals surface area contributed by atoms with E-state index in [1.54, 1.807) is 13.3 Å². The molecule has 0 unspecified atom stereocenters. The van der Waals surface area contributed by atoms with E-state index in [1.165, 1.54) is 25.9 Å². The van der Waals surface area contributed by atoms with Gasteiger partial charge in [0.25, 0.3) is 0 Å². The molecule has 3 rings (SSSR count). The molecule has 2 aromatic heterocycles. The number of pyridine rings is 2. The molecule has 0 bridgehead atoms. The number of nitrogen functional groups attached to an aromatic ring is 1. The van der Waals surface area contributed by atoms with Crippen LogP contribution in [0.4, 0.5) is 11.5 Å². The van der Waals surface area contributed by atoms with E-state index in [4.69, 9.17) is 15.2 Å². The standard InChI is InChI=1S/C20H29N5O2/c1-14-11-15(21)19(20(22-2)24-14)16-12-17(18(26-3)13-23-16)27-10-6-9-25-7-4-5-8-25/h11-13H,4-10H2,1-3H3,(H3,21,22,24). The smallest absolute Gasteiger partial charge is 0.179 e. The number of anilines is 2. The summed E-state index contributed by atoms with van der Waals surface area (Å²) >= 11 is 0. The predicted octanol–water partition coefficient (Wildman–Crippen LogP) is 2.95. The molecular formula is C20H29N5O2. The van der Waals surface area contributed by atoms with Crippen molar-refractivity contribution in [3.63, 3.8) is 0 Å². The lowest BCUT2D eigenvalue weighted by Gasteiger charge is -2.16. The Morgan fingerprint density at radius 2 is 2.00 bits per heavy atom. The summed E-state index contributed by atoms with van der Waals surface area (Å²) < 4.78 is 11.4. The first-order valence-electron chi connectivity index (χ1n) is 9.46. The maximum atomic E-state index is 6.24. The number of rotatable bonds is 8. The third-order valence-corrected chi connectivity index (χ3v) is 4.80. The fraction of sp³-hybridized carbons (Fsp3) is 0.500. The molecular weight excluding hydrogens is 342 g/mol. The zero-order valence-corrected chi connectivity index (χ0v) is 16.4. The Labute approximate surface area is 160 Å². The summed E-state index contributed by atoms with van der Waals surface area (Å²) in [5.74, 6) is 1.99. The number of aryl methyl sites for hydroxylation is 1. The van der Waals surface area contributed by atoms with Crippen molar-refractivity contribution in [2.45, 2.75) is 26.2 Å². The molecule has 0 aromatic carbocycles. The van der Waals surface area contributed by atoms with E-state index >= 15 is 0 Å². The lowest BCUT2D eigenvalue weighted by atomic mass is 10.1. The number of hydrogen-bond donors (Lipinski definition) is 2. The molecule has 1 aliphatic rings. The van der Waals surface area contributed by atoms with Gasteiger partial charge in [-0.1, -0.05) is 0 Å². The molecule has 1 saturated heterocycles. The summed E-state index contributed by atoms with van der Waals surface area (Å²) in [7, 11) is 3.44. The predicted molar refractivity (Wildman–Crippen MR) is 109 cm³/mol. The van der Waals surface area contributed by atoms with Gasteiger partial charge in [-0.05, 0) is 45.3 Å². The molecule has 3 heterocycles. The van der Waals surface area contributed by atoms with Crippen LogP contribution in [0, 0.1) is 6.92 Å². The normalized spacial score (nSPS) is 14.3.